The fraction of sp³-hybridized carbons (Fsp3) is 0.438. The van der Waals surface area contributed by atoms with Crippen molar-refractivity contribution >= 4 is 5.91 Å². The van der Waals surface area contributed by atoms with Gasteiger partial charge < -0.3 is 20.5 Å². The van der Waals surface area contributed by atoms with Crippen LogP contribution in [0.15, 0.2) is 18.2 Å². The van der Waals surface area contributed by atoms with Gasteiger partial charge in [0.05, 0.1) is 32.5 Å². The Bertz CT molecular complexity index is 554. The van der Waals surface area contributed by atoms with E-state index in [1.165, 1.54) is 0 Å². The average Bonchev–Trinajstić information content (AvgIpc) is 2.51. The second-order valence-electron chi connectivity index (χ2n) is 4.87. The third-order valence-electron chi connectivity index (χ3n) is 3.05. The molecule has 1 heterocycles. The number of nitrogens with two attached hydrogens (primary N) is 1. The molecular weight excluding hydrogens is 268 g/mol. The third kappa shape index (κ3) is 4.87. The van der Waals surface area contributed by atoms with Gasteiger partial charge in [-0.25, -0.2) is 0 Å². The molecule has 0 aliphatic carbocycles. The van der Waals surface area contributed by atoms with E-state index in [1.54, 1.807) is 6.07 Å². The lowest BCUT2D eigenvalue weighted by Gasteiger charge is -2.23. The number of hydrogen-bond acceptors (Lipinski definition) is 4. The summed E-state index contributed by atoms with van der Waals surface area (Å²) in [6, 6.07) is 5.53. The number of ether oxygens (including phenoxy) is 2. The van der Waals surface area contributed by atoms with E-state index in [0.29, 0.717) is 38.5 Å². The van der Waals surface area contributed by atoms with Crippen LogP contribution in [0.2, 0.25) is 0 Å². The molecule has 1 aromatic carbocycles. The summed E-state index contributed by atoms with van der Waals surface area (Å²) in [6.45, 7) is 4.38. The average molecular weight is 288 g/mol. The van der Waals surface area contributed by atoms with E-state index in [-0.39, 0.29) is 12.0 Å². The van der Waals surface area contributed by atoms with Crippen molar-refractivity contribution in [2.75, 3.05) is 32.9 Å². The Labute approximate surface area is 124 Å². The van der Waals surface area contributed by atoms with Gasteiger partial charge in [0.25, 0.3) is 5.91 Å². The Balaban J connectivity index is 1.99. The molecule has 0 aromatic heterocycles. The maximum absolute atomic E-state index is 12.2. The van der Waals surface area contributed by atoms with Crippen molar-refractivity contribution in [2.45, 2.75) is 13.0 Å². The number of hydrogen-bond donors (Lipinski definition) is 2. The molecule has 0 spiro atoms. The van der Waals surface area contributed by atoms with Gasteiger partial charge in [0.2, 0.25) is 0 Å². The Morgan fingerprint density at radius 2 is 2.29 bits per heavy atom. The van der Waals surface area contributed by atoms with E-state index < -0.39 is 0 Å². The summed E-state index contributed by atoms with van der Waals surface area (Å²) < 4.78 is 10.8. The highest BCUT2D eigenvalue weighted by Gasteiger charge is 2.16. The van der Waals surface area contributed by atoms with Crippen LogP contribution in [0.1, 0.15) is 21.5 Å². The monoisotopic (exact) mass is 288 g/mol. The molecule has 3 N–H and O–H groups in total. The van der Waals surface area contributed by atoms with Crippen LogP contribution < -0.4 is 11.1 Å². The maximum atomic E-state index is 12.2. The van der Waals surface area contributed by atoms with Crippen LogP contribution in [0.25, 0.3) is 0 Å². The van der Waals surface area contributed by atoms with Crippen LogP contribution in [-0.2, 0) is 9.47 Å². The van der Waals surface area contributed by atoms with E-state index in [4.69, 9.17) is 15.2 Å². The topological polar surface area (TPSA) is 73.6 Å². The quantitative estimate of drug-likeness (QED) is 0.792. The summed E-state index contributed by atoms with van der Waals surface area (Å²) in [5.74, 6) is 5.60. The van der Waals surface area contributed by atoms with Crippen LogP contribution >= 0.6 is 0 Å². The van der Waals surface area contributed by atoms with Crippen molar-refractivity contribution in [1.82, 2.24) is 5.32 Å². The standard InChI is InChI=1S/C16H20N2O3/c1-12-7-13(3-2-4-17)9-14(8-12)16(19)18-10-15-11-20-5-6-21-15/h7-9,15H,4-6,10-11,17H2,1H3,(H,18,19). The molecule has 1 aliphatic heterocycles. The van der Waals surface area contributed by atoms with Crippen molar-refractivity contribution in [2.24, 2.45) is 5.73 Å². The lowest BCUT2D eigenvalue weighted by Crippen LogP contribution is -2.39. The molecular formula is C16H20N2O3. The van der Waals surface area contributed by atoms with Gasteiger partial charge in [-0.3, -0.25) is 4.79 Å². The molecule has 1 unspecified atom stereocenters. The van der Waals surface area contributed by atoms with Gasteiger partial charge in [-0.15, -0.1) is 0 Å². The molecule has 1 atom stereocenters. The zero-order valence-corrected chi connectivity index (χ0v) is 12.1. The minimum absolute atomic E-state index is 0.0796. The van der Waals surface area contributed by atoms with Gasteiger partial charge >= 0.3 is 0 Å². The number of carbonyl (C=O) groups excluding carboxylic acids is 1. The van der Waals surface area contributed by atoms with Crippen molar-refractivity contribution in [3.63, 3.8) is 0 Å². The van der Waals surface area contributed by atoms with E-state index in [2.05, 4.69) is 17.2 Å². The number of carbonyl (C=O) groups is 1. The van der Waals surface area contributed by atoms with Crippen LogP contribution in [0.5, 0.6) is 0 Å². The number of benzene rings is 1. The molecule has 5 heteroatoms. The lowest BCUT2D eigenvalue weighted by atomic mass is 10.1. The molecule has 1 aliphatic rings. The Hall–Kier alpha value is -1.87. The van der Waals surface area contributed by atoms with E-state index in [9.17, 15) is 4.79 Å². The number of aryl methyl sites for hydroxylation is 1. The molecule has 0 saturated carbocycles. The number of nitrogens with one attached hydrogen (secondary N) is 1. The maximum Gasteiger partial charge on any atom is 0.251 e. The zero-order valence-electron chi connectivity index (χ0n) is 12.1. The number of rotatable bonds is 3. The molecule has 1 saturated heterocycles. The third-order valence-corrected chi connectivity index (χ3v) is 3.05. The first-order valence-electron chi connectivity index (χ1n) is 6.97. The lowest BCUT2D eigenvalue weighted by molar-refractivity contribution is -0.0855. The van der Waals surface area contributed by atoms with Gasteiger partial charge in [-0.05, 0) is 30.7 Å². The molecule has 1 aromatic rings. The highest BCUT2D eigenvalue weighted by molar-refractivity contribution is 5.94. The first kappa shape index (κ1) is 15.5. The van der Waals surface area contributed by atoms with Crippen molar-refractivity contribution in [3.8, 4) is 11.8 Å². The van der Waals surface area contributed by atoms with E-state index in [0.717, 1.165) is 11.1 Å². The largest absolute Gasteiger partial charge is 0.376 e. The van der Waals surface area contributed by atoms with Gasteiger partial charge in [-0.2, -0.15) is 0 Å². The fourth-order valence-corrected chi connectivity index (χ4v) is 2.10. The Morgan fingerprint density at radius 1 is 1.43 bits per heavy atom. The minimum Gasteiger partial charge on any atom is -0.376 e. The summed E-state index contributed by atoms with van der Waals surface area (Å²) in [5.41, 5.74) is 7.74. The van der Waals surface area contributed by atoms with Gasteiger partial charge in [0.1, 0.15) is 0 Å². The first-order chi connectivity index (χ1) is 10.2. The summed E-state index contributed by atoms with van der Waals surface area (Å²) in [5, 5.41) is 2.86. The predicted molar refractivity (Wildman–Crippen MR) is 80.0 cm³/mol. The Kier molecular flexibility index (Phi) is 5.76. The summed E-state index contributed by atoms with van der Waals surface area (Å²) in [4.78, 5) is 12.2. The molecule has 1 amide bonds. The second kappa shape index (κ2) is 7.79. The fourth-order valence-electron chi connectivity index (χ4n) is 2.10. The van der Waals surface area contributed by atoms with Crippen LogP contribution in [0.4, 0.5) is 0 Å². The molecule has 112 valence electrons. The van der Waals surface area contributed by atoms with Crippen LogP contribution in [0.3, 0.4) is 0 Å². The molecule has 2 rings (SSSR count). The molecule has 0 bridgehead atoms. The highest BCUT2D eigenvalue weighted by Crippen LogP contribution is 2.09. The number of amides is 1. The summed E-state index contributed by atoms with van der Waals surface area (Å²) in [6.07, 6.45) is -0.0796. The molecule has 21 heavy (non-hydrogen) atoms. The summed E-state index contributed by atoms with van der Waals surface area (Å²) in [7, 11) is 0. The van der Waals surface area contributed by atoms with Crippen molar-refractivity contribution in [3.05, 3.63) is 34.9 Å². The van der Waals surface area contributed by atoms with Crippen LogP contribution in [-0.4, -0.2) is 44.9 Å². The van der Waals surface area contributed by atoms with E-state index >= 15 is 0 Å². The SMILES string of the molecule is Cc1cc(C#CCN)cc(C(=O)NCC2COCCO2)c1. The Morgan fingerprint density at radius 3 is 3.00 bits per heavy atom. The normalized spacial score (nSPS) is 17.7. The van der Waals surface area contributed by atoms with E-state index in [1.807, 2.05) is 19.1 Å². The summed E-state index contributed by atoms with van der Waals surface area (Å²) >= 11 is 0. The molecule has 5 nitrogen and oxygen atoms in total. The first-order valence-corrected chi connectivity index (χ1v) is 6.97. The zero-order chi connectivity index (χ0) is 15.1. The molecule has 0 radical (unpaired) electrons. The van der Waals surface area contributed by atoms with Crippen molar-refractivity contribution in [1.29, 1.82) is 0 Å². The van der Waals surface area contributed by atoms with Gasteiger partial charge in [0, 0.05) is 17.7 Å². The van der Waals surface area contributed by atoms with Gasteiger partial charge in [-0.1, -0.05) is 11.8 Å². The smallest absolute Gasteiger partial charge is 0.251 e. The van der Waals surface area contributed by atoms with Crippen molar-refractivity contribution < 1.29 is 14.3 Å². The predicted octanol–water partition coefficient (Wildman–Crippen LogP) is 0.450. The van der Waals surface area contributed by atoms with Gasteiger partial charge in [0.15, 0.2) is 0 Å². The highest BCUT2D eigenvalue weighted by atomic mass is 16.6. The minimum atomic E-state index is -0.135. The molecule has 1 fully saturated rings. The van der Waals surface area contributed by atoms with Crippen LogP contribution in [0, 0.1) is 18.8 Å². The second-order valence-corrected chi connectivity index (χ2v) is 4.87.